The van der Waals surface area contributed by atoms with Crippen molar-refractivity contribution in [1.29, 1.82) is 0 Å². The zero-order valence-electron chi connectivity index (χ0n) is 12.4. The van der Waals surface area contributed by atoms with Crippen LogP contribution in [0.15, 0.2) is 9.41 Å². The molecule has 0 bridgehead atoms. The predicted molar refractivity (Wildman–Crippen MR) is 83.1 cm³/mol. The minimum Gasteiger partial charge on any atom is -0.444 e. The lowest BCUT2D eigenvalue weighted by Crippen LogP contribution is -2.36. The van der Waals surface area contributed by atoms with Crippen molar-refractivity contribution in [3.8, 4) is 0 Å². The maximum atomic E-state index is 5.58. The van der Waals surface area contributed by atoms with Crippen LogP contribution >= 0.6 is 11.8 Å². The van der Waals surface area contributed by atoms with E-state index < -0.39 is 0 Å². The fourth-order valence-corrected chi connectivity index (χ4v) is 4.18. The highest BCUT2D eigenvalue weighted by molar-refractivity contribution is 8.13. The van der Waals surface area contributed by atoms with Crippen molar-refractivity contribution in [2.45, 2.75) is 52.5 Å². The second-order valence-corrected chi connectivity index (χ2v) is 7.04. The molecule has 1 aromatic rings. The van der Waals surface area contributed by atoms with Gasteiger partial charge in [0, 0.05) is 12.3 Å². The highest BCUT2D eigenvalue weighted by atomic mass is 32.2. The van der Waals surface area contributed by atoms with E-state index in [0.29, 0.717) is 12.0 Å². The third kappa shape index (κ3) is 3.03. The Morgan fingerprint density at radius 1 is 1.25 bits per heavy atom. The van der Waals surface area contributed by atoms with E-state index in [2.05, 4.69) is 10.3 Å². The van der Waals surface area contributed by atoms with Gasteiger partial charge in [-0.15, -0.1) is 0 Å². The van der Waals surface area contributed by atoms with Gasteiger partial charge in [0.2, 0.25) is 5.89 Å². The van der Waals surface area contributed by atoms with Crippen LogP contribution in [0.4, 0.5) is 0 Å². The number of thioether (sulfide) groups is 1. The zero-order valence-corrected chi connectivity index (χ0v) is 13.2. The Balaban J connectivity index is 1.54. The van der Waals surface area contributed by atoms with Crippen molar-refractivity contribution in [3.63, 3.8) is 0 Å². The summed E-state index contributed by atoms with van der Waals surface area (Å²) in [6.07, 6.45) is 6.88. The summed E-state index contributed by atoms with van der Waals surface area (Å²) < 4.78 is 5.58. The summed E-state index contributed by atoms with van der Waals surface area (Å²) in [5, 5.41) is 4.41. The Hall–Kier alpha value is -0.970. The van der Waals surface area contributed by atoms with Crippen LogP contribution < -0.4 is 5.32 Å². The molecule has 0 aromatic carbocycles. The van der Waals surface area contributed by atoms with Crippen LogP contribution in [0.2, 0.25) is 0 Å². The van der Waals surface area contributed by atoms with E-state index in [4.69, 9.17) is 9.41 Å². The molecule has 2 heterocycles. The number of nitrogens with one attached hydrogen (secondary N) is 1. The van der Waals surface area contributed by atoms with Crippen LogP contribution in [0.3, 0.4) is 0 Å². The molecule has 1 aliphatic heterocycles. The Morgan fingerprint density at radius 2 is 2.05 bits per heavy atom. The molecule has 1 aliphatic carbocycles. The van der Waals surface area contributed by atoms with Crippen LogP contribution in [0.5, 0.6) is 0 Å². The van der Waals surface area contributed by atoms with Gasteiger partial charge in [0.1, 0.15) is 5.76 Å². The van der Waals surface area contributed by atoms with Crippen molar-refractivity contribution in [3.05, 3.63) is 17.3 Å². The van der Waals surface area contributed by atoms with Gasteiger partial charge in [0.25, 0.3) is 0 Å². The molecule has 0 atom stereocenters. The van der Waals surface area contributed by atoms with Crippen LogP contribution in [0.1, 0.15) is 49.4 Å². The first-order valence-corrected chi connectivity index (χ1v) is 8.50. The fraction of sp³-hybridized carbons (Fsp3) is 0.733. The quantitative estimate of drug-likeness (QED) is 0.907. The topological polar surface area (TPSA) is 50.4 Å². The molecule has 20 heavy (non-hydrogen) atoms. The molecule has 110 valence electrons. The number of nitrogens with zero attached hydrogens (tertiary/aromatic N) is 2. The molecule has 5 heteroatoms. The van der Waals surface area contributed by atoms with Crippen molar-refractivity contribution >= 4 is 16.9 Å². The van der Waals surface area contributed by atoms with Crippen molar-refractivity contribution < 1.29 is 4.42 Å². The Labute approximate surface area is 124 Å². The lowest BCUT2D eigenvalue weighted by Gasteiger charge is -2.38. The molecular weight excluding hydrogens is 270 g/mol. The standard InChI is InChI=1S/C15H23N3OS/c1-11-12(2)19-13(18-11)8-16-14-17-9-15(10-20-14)6-4-3-5-7-15/h3-10H2,1-2H3,(H,16,17). The van der Waals surface area contributed by atoms with E-state index >= 15 is 0 Å². The maximum absolute atomic E-state index is 5.58. The maximum Gasteiger partial charge on any atom is 0.213 e. The Kier molecular flexibility index (Phi) is 4.06. The molecule has 0 unspecified atom stereocenters. The summed E-state index contributed by atoms with van der Waals surface area (Å²) in [6, 6.07) is 0. The third-order valence-corrected chi connectivity index (χ3v) is 5.75. The molecule has 0 radical (unpaired) electrons. The van der Waals surface area contributed by atoms with Crippen molar-refractivity contribution in [1.82, 2.24) is 10.3 Å². The molecule has 1 fully saturated rings. The van der Waals surface area contributed by atoms with Crippen molar-refractivity contribution in [2.24, 2.45) is 10.4 Å². The van der Waals surface area contributed by atoms with Gasteiger partial charge < -0.3 is 9.73 Å². The number of oxazole rings is 1. The minimum absolute atomic E-state index is 0.490. The highest BCUT2D eigenvalue weighted by Gasteiger charge is 2.34. The molecular formula is C15H23N3OS. The Morgan fingerprint density at radius 3 is 2.65 bits per heavy atom. The lowest BCUT2D eigenvalue weighted by molar-refractivity contribution is 0.232. The minimum atomic E-state index is 0.490. The second-order valence-electron chi connectivity index (χ2n) is 6.07. The van der Waals surface area contributed by atoms with Gasteiger partial charge in [-0.1, -0.05) is 31.0 Å². The number of hydrogen-bond donors (Lipinski definition) is 1. The molecule has 0 amide bonds. The van der Waals surface area contributed by atoms with E-state index in [0.717, 1.165) is 29.1 Å². The highest BCUT2D eigenvalue weighted by Crippen LogP contribution is 2.41. The van der Waals surface area contributed by atoms with Gasteiger partial charge in [-0.25, -0.2) is 4.98 Å². The first kappa shape index (κ1) is 14.0. The van der Waals surface area contributed by atoms with Gasteiger partial charge in [-0.3, -0.25) is 4.99 Å². The SMILES string of the molecule is Cc1nc(CNC2=NCC3(CCCCC3)CS2)oc1C. The zero-order chi connectivity index (χ0) is 14.0. The van der Waals surface area contributed by atoms with E-state index in [-0.39, 0.29) is 0 Å². The predicted octanol–water partition coefficient (Wildman–Crippen LogP) is 3.43. The van der Waals surface area contributed by atoms with Crippen LogP contribution in [-0.4, -0.2) is 22.4 Å². The van der Waals surface area contributed by atoms with Crippen molar-refractivity contribution in [2.75, 3.05) is 12.3 Å². The average Bonchev–Trinajstić information content (AvgIpc) is 2.78. The summed E-state index contributed by atoms with van der Waals surface area (Å²) in [6.45, 7) is 5.55. The molecule has 1 N–H and O–H groups in total. The molecule has 1 saturated carbocycles. The summed E-state index contributed by atoms with van der Waals surface area (Å²) in [5.41, 5.74) is 1.46. The van der Waals surface area contributed by atoms with E-state index in [1.54, 1.807) is 0 Å². The number of amidine groups is 1. The van der Waals surface area contributed by atoms with E-state index in [1.165, 1.54) is 37.9 Å². The molecule has 3 rings (SSSR count). The number of aliphatic imine (C=N–C) groups is 1. The molecule has 2 aliphatic rings. The number of rotatable bonds is 2. The first-order chi connectivity index (χ1) is 9.67. The summed E-state index contributed by atoms with van der Waals surface area (Å²) >= 11 is 1.87. The summed E-state index contributed by atoms with van der Waals surface area (Å²) in [5.74, 6) is 2.87. The fourth-order valence-electron chi connectivity index (χ4n) is 3.03. The summed E-state index contributed by atoms with van der Waals surface area (Å²) in [7, 11) is 0. The first-order valence-electron chi connectivity index (χ1n) is 7.51. The number of aromatic nitrogens is 1. The van der Waals surface area contributed by atoms with Gasteiger partial charge in [-0.05, 0) is 32.1 Å². The van der Waals surface area contributed by atoms with Gasteiger partial charge in [0.15, 0.2) is 5.17 Å². The average molecular weight is 293 g/mol. The molecule has 1 spiro atoms. The third-order valence-electron chi connectivity index (χ3n) is 4.45. The van der Waals surface area contributed by atoms with Crippen LogP contribution in [0, 0.1) is 19.3 Å². The number of aryl methyl sites for hydroxylation is 2. The van der Waals surface area contributed by atoms with E-state index in [9.17, 15) is 0 Å². The van der Waals surface area contributed by atoms with Gasteiger partial charge >= 0.3 is 0 Å². The number of hydrogen-bond acceptors (Lipinski definition) is 5. The molecule has 1 aromatic heterocycles. The smallest absolute Gasteiger partial charge is 0.213 e. The van der Waals surface area contributed by atoms with Crippen LogP contribution in [0.25, 0.3) is 0 Å². The monoisotopic (exact) mass is 293 g/mol. The Bertz CT molecular complexity index is 484. The van der Waals surface area contributed by atoms with Crippen LogP contribution in [-0.2, 0) is 6.54 Å². The second kappa shape index (κ2) is 5.80. The normalized spacial score (nSPS) is 21.8. The largest absolute Gasteiger partial charge is 0.444 e. The summed E-state index contributed by atoms with van der Waals surface area (Å²) in [4.78, 5) is 9.13. The van der Waals surface area contributed by atoms with Gasteiger partial charge in [0.05, 0.1) is 12.2 Å². The molecule has 4 nitrogen and oxygen atoms in total. The lowest BCUT2D eigenvalue weighted by atomic mass is 9.75. The van der Waals surface area contributed by atoms with Gasteiger partial charge in [-0.2, -0.15) is 0 Å². The molecule has 0 saturated heterocycles. The van der Waals surface area contributed by atoms with E-state index in [1.807, 2.05) is 25.6 Å².